The fourth-order valence-electron chi connectivity index (χ4n) is 1.91. The smallest absolute Gasteiger partial charge is 0.260 e. The minimum absolute atomic E-state index is 0.00836. The zero-order chi connectivity index (χ0) is 15.0. The van der Waals surface area contributed by atoms with E-state index in [-0.39, 0.29) is 5.56 Å². The first-order valence-electron chi connectivity index (χ1n) is 6.17. The van der Waals surface area contributed by atoms with E-state index in [4.69, 9.17) is 11.6 Å². The van der Waals surface area contributed by atoms with Gasteiger partial charge in [0, 0.05) is 5.02 Å². The molecule has 3 nitrogen and oxygen atoms in total. The summed E-state index contributed by atoms with van der Waals surface area (Å²) in [4.78, 5) is 16.3. The van der Waals surface area contributed by atoms with Crippen LogP contribution in [0.3, 0.4) is 0 Å². The fraction of sp³-hybridized carbons (Fsp3) is 0.0667. The molecule has 0 saturated carbocycles. The van der Waals surface area contributed by atoms with Crippen molar-refractivity contribution in [1.29, 1.82) is 0 Å². The molecule has 3 aromatic rings. The van der Waals surface area contributed by atoms with E-state index >= 15 is 0 Å². The van der Waals surface area contributed by atoms with Crippen molar-refractivity contribution >= 4 is 44.2 Å². The molecule has 0 spiro atoms. The van der Waals surface area contributed by atoms with Gasteiger partial charge in [-0.3, -0.25) is 10.1 Å². The third-order valence-corrected chi connectivity index (χ3v) is 4.35. The number of thiazole rings is 1. The molecule has 0 aliphatic heterocycles. The summed E-state index contributed by atoms with van der Waals surface area (Å²) in [5.41, 5.74) is 1.64. The second kappa shape index (κ2) is 5.42. The third kappa shape index (κ3) is 2.75. The highest BCUT2D eigenvalue weighted by Crippen LogP contribution is 2.30. The lowest BCUT2D eigenvalue weighted by atomic mass is 10.2. The van der Waals surface area contributed by atoms with Crippen LogP contribution in [-0.2, 0) is 0 Å². The number of aryl methyl sites for hydroxylation is 1. The van der Waals surface area contributed by atoms with E-state index in [1.807, 2.05) is 13.0 Å². The van der Waals surface area contributed by atoms with Gasteiger partial charge in [0.2, 0.25) is 0 Å². The predicted octanol–water partition coefficient (Wildman–Crippen LogP) is 4.65. The van der Waals surface area contributed by atoms with Gasteiger partial charge in [-0.15, -0.1) is 0 Å². The second-order valence-electron chi connectivity index (χ2n) is 4.52. The molecule has 0 atom stereocenters. The van der Waals surface area contributed by atoms with Gasteiger partial charge >= 0.3 is 0 Å². The van der Waals surface area contributed by atoms with E-state index in [2.05, 4.69) is 10.3 Å². The van der Waals surface area contributed by atoms with Gasteiger partial charge in [0.1, 0.15) is 5.82 Å². The van der Waals surface area contributed by atoms with Gasteiger partial charge in [-0.2, -0.15) is 0 Å². The monoisotopic (exact) mass is 320 g/mol. The van der Waals surface area contributed by atoms with Crippen LogP contribution in [0.2, 0.25) is 5.02 Å². The Morgan fingerprint density at radius 1 is 1.33 bits per heavy atom. The summed E-state index contributed by atoms with van der Waals surface area (Å²) in [5.74, 6) is -1.08. The van der Waals surface area contributed by atoms with E-state index < -0.39 is 11.7 Å². The average molecular weight is 321 g/mol. The van der Waals surface area contributed by atoms with Crippen LogP contribution in [0.4, 0.5) is 9.52 Å². The number of halogens is 2. The molecule has 21 heavy (non-hydrogen) atoms. The molecule has 1 heterocycles. The summed E-state index contributed by atoms with van der Waals surface area (Å²) >= 11 is 7.37. The number of hydrogen-bond acceptors (Lipinski definition) is 3. The van der Waals surface area contributed by atoms with Gasteiger partial charge in [0.25, 0.3) is 5.91 Å². The maximum atomic E-state index is 13.6. The molecule has 6 heteroatoms. The number of benzene rings is 2. The number of hydrogen-bond donors (Lipinski definition) is 1. The average Bonchev–Trinajstić information content (AvgIpc) is 2.81. The van der Waals surface area contributed by atoms with Crippen molar-refractivity contribution in [2.45, 2.75) is 6.92 Å². The van der Waals surface area contributed by atoms with Crippen LogP contribution in [0.5, 0.6) is 0 Å². The Hall–Kier alpha value is -1.98. The maximum Gasteiger partial charge on any atom is 0.260 e. The van der Waals surface area contributed by atoms with Gasteiger partial charge in [0.15, 0.2) is 5.13 Å². The number of carbonyl (C=O) groups is 1. The summed E-state index contributed by atoms with van der Waals surface area (Å²) in [5, 5.41) is 3.65. The van der Waals surface area contributed by atoms with Crippen molar-refractivity contribution in [1.82, 2.24) is 4.98 Å². The quantitative estimate of drug-likeness (QED) is 0.746. The van der Waals surface area contributed by atoms with Crippen LogP contribution < -0.4 is 5.32 Å². The molecule has 3 rings (SSSR count). The number of nitrogens with zero attached hydrogens (tertiary/aromatic N) is 1. The van der Waals surface area contributed by atoms with E-state index in [1.165, 1.54) is 29.5 Å². The Kier molecular flexibility index (Phi) is 3.61. The summed E-state index contributed by atoms with van der Waals surface area (Å²) in [7, 11) is 0. The number of rotatable bonds is 2. The molecule has 0 bridgehead atoms. The van der Waals surface area contributed by atoms with Gasteiger partial charge in [-0.05, 0) is 36.8 Å². The molecular weight excluding hydrogens is 311 g/mol. The van der Waals surface area contributed by atoms with Crippen molar-refractivity contribution in [3.05, 3.63) is 58.4 Å². The molecule has 0 radical (unpaired) electrons. The number of fused-ring (bicyclic) bond motifs is 1. The second-order valence-corrected chi connectivity index (χ2v) is 5.96. The van der Waals surface area contributed by atoms with Crippen LogP contribution in [0.1, 0.15) is 15.9 Å². The summed E-state index contributed by atoms with van der Waals surface area (Å²) in [6.45, 7) is 1.90. The first kappa shape index (κ1) is 14.0. The largest absolute Gasteiger partial charge is 0.298 e. The van der Waals surface area contributed by atoms with E-state index in [9.17, 15) is 9.18 Å². The van der Waals surface area contributed by atoms with Gasteiger partial charge < -0.3 is 0 Å². The molecular formula is C15H10ClFN2OS. The van der Waals surface area contributed by atoms with Crippen LogP contribution in [0.15, 0.2) is 36.4 Å². The molecule has 0 unspecified atom stereocenters. The first-order chi connectivity index (χ1) is 10.0. The minimum atomic E-state index is -0.560. The predicted molar refractivity (Wildman–Crippen MR) is 83.7 cm³/mol. The van der Waals surface area contributed by atoms with E-state index in [0.717, 1.165) is 10.3 Å². The molecule has 0 aliphatic rings. The Balaban J connectivity index is 1.92. The standard InChI is InChI=1S/C15H10ClFN2OS/c1-8-6-13-12(7-10(8)16)18-15(21-13)19-14(20)9-4-2-3-5-11(9)17/h2-7H,1H3,(H,18,19,20). The van der Waals surface area contributed by atoms with Crippen molar-refractivity contribution in [3.63, 3.8) is 0 Å². The lowest BCUT2D eigenvalue weighted by molar-refractivity contribution is 0.102. The van der Waals surface area contributed by atoms with Crippen LogP contribution in [0.25, 0.3) is 10.2 Å². The SMILES string of the molecule is Cc1cc2sc(NC(=O)c3ccccc3F)nc2cc1Cl. The normalized spacial score (nSPS) is 10.8. The maximum absolute atomic E-state index is 13.6. The van der Waals surface area contributed by atoms with E-state index in [1.54, 1.807) is 12.1 Å². The summed E-state index contributed by atoms with van der Waals surface area (Å²) in [6, 6.07) is 9.49. The number of carbonyl (C=O) groups excluding carboxylic acids is 1. The molecule has 1 aromatic heterocycles. The molecule has 106 valence electrons. The fourth-order valence-corrected chi connectivity index (χ4v) is 3.01. The highest BCUT2D eigenvalue weighted by atomic mass is 35.5. The van der Waals surface area contributed by atoms with E-state index in [0.29, 0.717) is 15.7 Å². The van der Waals surface area contributed by atoms with Gasteiger partial charge in [-0.25, -0.2) is 9.37 Å². The molecule has 1 N–H and O–H groups in total. The first-order valence-corrected chi connectivity index (χ1v) is 7.36. The summed E-state index contributed by atoms with van der Waals surface area (Å²) < 4.78 is 14.5. The number of amides is 1. The van der Waals surface area contributed by atoms with Gasteiger partial charge in [0.05, 0.1) is 15.8 Å². The summed E-state index contributed by atoms with van der Waals surface area (Å²) in [6.07, 6.45) is 0. The van der Waals surface area contributed by atoms with Crippen LogP contribution >= 0.6 is 22.9 Å². The molecule has 0 fully saturated rings. The molecule has 1 amide bonds. The van der Waals surface area contributed by atoms with Crippen molar-refractivity contribution < 1.29 is 9.18 Å². The number of aromatic nitrogens is 1. The van der Waals surface area contributed by atoms with Gasteiger partial charge in [-0.1, -0.05) is 35.1 Å². The van der Waals surface area contributed by atoms with Crippen molar-refractivity contribution in [2.75, 3.05) is 5.32 Å². The van der Waals surface area contributed by atoms with Crippen molar-refractivity contribution in [3.8, 4) is 0 Å². The molecule has 2 aromatic carbocycles. The Morgan fingerprint density at radius 2 is 2.10 bits per heavy atom. The lowest BCUT2D eigenvalue weighted by Gasteiger charge is -2.02. The topological polar surface area (TPSA) is 42.0 Å². The highest BCUT2D eigenvalue weighted by molar-refractivity contribution is 7.22. The van der Waals surface area contributed by atoms with Crippen molar-refractivity contribution in [2.24, 2.45) is 0 Å². The highest BCUT2D eigenvalue weighted by Gasteiger charge is 2.13. The third-order valence-electron chi connectivity index (χ3n) is 3.01. The van der Waals surface area contributed by atoms with Crippen LogP contribution in [0, 0.1) is 12.7 Å². The van der Waals surface area contributed by atoms with Crippen LogP contribution in [-0.4, -0.2) is 10.9 Å². The molecule has 0 saturated heterocycles. The zero-order valence-corrected chi connectivity index (χ0v) is 12.6. The Labute approximate surface area is 129 Å². The number of nitrogens with one attached hydrogen (secondary N) is 1. The Morgan fingerprint density at radius 3 is 2.86 bits per heavy atom. The minimum Gasteiger partial charge on any atom is -0.298 e. The molecule has 0 aliphatic carbocycles. The Bertz CT molecular complexity index is 808. The number of anilines is 1. The lowest BCUT2D eigenvalue weighted by Crippen LogP contribution is -2.13. The zero-order valence-electron chi connectivity index (χ0n) is 11.0.